The number of aromatic nitrogens is 2. The quantitative estimate of drug-likeness (QED) is 0.908. The third kappa shape index (κ3) is 2.84. The van der Waals surface area contributed by atoms with E-state index in [1.807, 2.05) is 0 Å². The van der Waals surface area contributed by atoms with Gasteiger partial charge < -0.3 is 9.84 Å². The van der Waals surface area contributed by atoms with Gasteiger partial charge in [-0.2, -0.15) is 5.10 Å². The lowest BCUT2D eigenvalue weighted by Crippen LogP contribution is -2.28. The fourth-order valence-electron chi connectivity index (χ4n) is 3.48. The minimum Gasteiger partial charge on any atom is -0.392 e. The number of aliphatic hydroxyl groups excluding tert-OH is 1. The molecule has 0 bridgehead atoms. The Morgan fingerprint density at radius 2 is 2.21 bits per heavy atom. The summed E-state index contributed by atoms with van der Waals surface area (Å²) in [5.74, 6) is 0.261. The summed E-state index contributed by atoms with van der Waals surface area (Å²) in [5.41, 5.74) is 1.01. The summed E-state index contributed by atoms with van der Waals surface area (Å²) in [7, 11) is 0. The van der Waals surface area contributed by atoms with Crippen molar-refractivity contribution in [2.24, 2.45) is 5.92 Å². The van der Waals surface area contributed by atoms with E-state index in [1.165, 1.54) is 25.7 Å². The third-order valence-corrected chi connectivity index (χ3v) is 4.71. The normalized spacial score (nSPS) is 30.0. The first-order valence-electron chi connectivity index (χ1n) is 7.58. The first-order valence-corrected chi connectivity index (χ1v) is 7.58. The molecule has 19 heavy (non-hydrogen) atoms. The van der Waals surface area contributed by atoms with E-state index in [0.29, 0.717) is 12.5 Å². The molecular weight excluding hydrogens is 240 g/mol. The van der Waals surface area contributed by atoms with E-state index >= 15 is 0 Å². The molecule has 1 saturated carbocycles. The van der Waals surface area contributed by atoms with Gasteiger partial charge in [0.25, 0.3) is 0 Å². The van der Waals surface area contributed by atoms with Crippen LogP contribution in [0, 0.1) is 5.92 Å². The van der Waals surface area contributed by atoms with Gasteiger partial charge >= 0.3 is 0 Å². The van der Waals surface area contributed by atoms with Crippen molar-refractivity contribution in [3.8, 4) is 0 Å². The Labute approximate surface area is 114 Å². The summed E-state index contributed by atoms with van der Waals surface area (Å²) in [5, 5.41) is 15.0. The molecule has 0 radical (unpaired) electrons. The number of ether oxygens (including phenoxy) is 1. The molecule has 2 fully saturated rings. The van der Waals surface area contributed by atoms with Gasteiger partial charge in [0.1, 0.15) is 0 Å². The van der Waals surface area contributed by atoms with Gasteiger partial charge in [-0.1, -0.05) is 12.8 Å². The highest BCUT2D eigenvalue weighted by atomic mass is 16.5. The Morgan fingerprint density at radius 1 is 1.42 bits per heavy atom. The molecule has 0 aromatic carbocycles. The Morgan fingerprint density at radius 3 is 2.89 bits per heavy atom. The number of aliphatic hydroxyl groups is 1. The van der Waals surface area contributed by atoms with Crippen LogP contribution in [0.2, 0.25) is 0 Å². The molecule has 1 aliphatic carbocycles. The molecule has 4 nitrogen and oxygen atoms in total. The van der Waals surface area contributed by atoms with E-state index in [1.54, 1.807) is 0 Å². The molecule has 3 unspecified atom stereocenters. The molecule has 1 saturated heterocycles. The van der Waals surface area contributed by atoms with Gasteiger partial charge in [-0.3, -0.25) is 4.68 Å². The molecule has 106 valence electrons. The van der Waals surface area contributed by atoms with E-state index in [2.05, 4.69) is 29.0 Å². The van der Waals surface area contributed by atoms with E-state index in [-0.39, 0.29) is 18.1 Å². The van der Waals surface area contributed by atoms with E-state index in [9.17, 15) is 5.11 Å². The van der Waals surface area contributed by atoms with Crippen molar-refractivity contribution in [1.29, 1.82) is 0 Å². The maximum absolute atomic E-state index is 10.3. The van der Waals surface area contributed by atoms with Crippen molar-refractivity contribution in [2.75, 3.05) is 6.61 Å². The zero-order chi connectivity index (χ0) is 13.2. The van der Waals surface area contributed by atoms with Crippen molar-refractivity contribution >= 4 is 0 Å². The molecule has 2 heterocycles. The van der Waals surface area contributed by atoms with Crippen LogP contribution in [0.3, 0.4) is 0 Å². The monoisotopic (exact) mass is 264 g/mol. The van der Waals surface area contributed by atoms with Crippen LogP contribution >= 0.6 is 0 Å². The lowest BCUT2D eigenvalue weighted by atomic mass is 9.93. The Bertz CT molecular complexity index is 412. The number of nitrogens with zero attached hydrogens (tertiary/aromatic N) is 2. The van der Waals surface area contributed by atoms with Crippen LogP contribution in [0.15, 0.2) is 12.3 Å². The van der Waals surface area contributed by atoms with Gasteiger partial charge in [-0.25, -0.2) is 0 Å². The number of rotatable bonds is 4. The molecule has 3 rings (SSSR count). The van der Waals surface area contributed by atoms with Crippen molar-refractivity contribution in [2.45, 2.75) is 63.7 Å². The van der Waals surface area contributed by atoms with Gasteiger partial charge in [0.15, 0.2) is 0 Å². The minimum atomic E-state index is -0.329. The van der Waals surface area contributed by atoms with Crippen LogP contribution in [0.5, 0.6) is 0 Å². The fraction of sp³-hybridized carbons (Fsp3) is 0.800. The predicted molar refractivity (Wildman–Crippen MR) is 73.0 cm³/mol. The van der Waals surface area contributed by atoms with E-state index in [0.717, 1.165) is 18.7 Å². The summed E-state index contributed by atoms with van der Waals surface area (Å²) in [4.78, 5) is 0. The van der Waals surface area contributed by atoms with Gasteiger partial charge in [-0.05, 0) is 32.3 Å². The van der Waals surface area contributed by atoms with Gasteiger partial charge in [0.05, 0.1) is 23.9 Å². The van der Waals surface area contributed by atoms with Crippen LogP contribution in [-0.2, 0) is 11.2 Å². The second-order valence-electron chi connectivity index (χ2n) is 6.03. The van der Waals surface area contributed by atoms with Crippen molar-refractivity contribution in [1.82, 2.24) is 9.78 Å². The van der Waals surface area contributed by atoms with Gasteiger partial charge in [0.2, 0.25) is 0 Å². The maximum Gasteiger partial charge on any atom is 0.0650 e. The highest BCUT2D eigenvalue weighted by molar-refractivity contribution is 5.03. The highest BCUT2D eigenvalue weighted by Crippen LogP contribution is 2.29. The maximum atomic E-state index is 10.3. The average molecular weight is 264 g/mol. The molecule has 0 spiro atoms. The molecule has 0 amide bonds. The number of hydrogen-bond acceptors (Lipinski definition) is 3. The van der Waals surface area contributed by atoms with E-state index in [4.69, 9.17) is 4.74 Å². The van der Waals surface area contributed by atoms with Crippen LogP contribution < -0.4 is 0 Å². The molecule has 3 atom stereocenters. The standard InChI is InChI=1S/C15H24N2O2/c1-11-14(7-9-19-11)15(18)10-12-6-8-17(16-12)13-4-2-3-5-13/h6,8,11,13-15,18H,2-5,7,9-10H2,1H3. The molecule has 2 aliphatic rings. The lowest BCUT2D eigenvalue weighted by Gasteiger charge is -2.20. The largest absolute Gasteiger partial charge is 0.392 e. The fourth-order valence-corrected chi connectivity index (χ4v) is 3.48. The SMILES string of the molecule is CC1OCCC1C(O)Cc1ccn(C2CCCC2)n1. The van der Waals surface area contributed by atoms with Crippen LogP contribution in [0.25, 0.3) is 0 Å². The summed E-state index contributed by atoms with van der Waals surface area (Å²) >= 11 is 0. The van der Waals surface area contributed by atoms with Gasteiger partial charge in [-0.15, -0.1) is 0 Å². The molecule has 1 N–H and O–H groups in total. The third-order valence-electron chi connectivity index (χ3n) is 4.71. The Kier molecular flexibility index (Phi) is 3.89. The Balaban J connectivity index is 1.60. The second-order valence-corrected chi connectivity index (χ2v) is 6.03. The van der Waals surface area contributed by atoms with Crippen LogP contribution in [0.1, 0.15) is 50.8 Å². The lowest BCUT2D eigenvalue weighted by molar-refractivity contribution is 0.0435. The van der Waals surface area contributed by atoms with E-state index < -0.39 is 0 Å². The van der Waals surface area contributed by atoms with Crippen molar-refractivity contribution < 1.29 is 9.84 Å². The molecule has 1 aromatic rings. The van der Waals surface area contributed by atoms with Crippen LogP contribution in [-0.4, -0.2) is 33.7 Å². The summed E-state index contributed by atoms with van der Waals surface area (Å²) in [6.45, 7) is 2.83. The highest BCUT2D eigenvalue weighted by Gasteiger charge is 2.31. The summed E-state index contributed by atoms with van der Waals surface area (Å²) in [6, 6.07) is 2.64. The smallest absolute Gasteiger partial charge is 0.0650 e. The molecule has 1 aromatic heterocycles. The number of hydrogen-bond donors (Lipinski definition) is 1. The second kappa shape index (κ2) is 5.63. The molecular formula is C15H24N2O2. The molecule has 1 aliphatic heterocycles. The predicted octanol–water partition coefficient (Wildman–Crippen LogP) is 2.33. The Hall–Kier alpha value is -0.870. The van der Waals surface area contributed by atoms with Crippen LogP contribution in [0.4, 0.5) is 0 Å². The zero-order valence-electron chi connectivity index (χ0n) is 11.7. The van der Waals surface area contributed by atoms with Gasteiger partial charge in [0, 0.05) is 25.1 Å². The topological polar surface area (TPSA) is 47.3 Å². The summed E-state index contributed by atoms with van der Waals surface area (Å²) in [6.07, 6.45) is 8.67. The molecule has 4 heteroatoms. The van der Waals surface area contributed by atoms with Crippen molar-refractivity contribution in [3.63, 3.8) is 0 Å². The zero-order valence-corrected chi connectivity index (χ0v) is 11.7. The first kappa shape index (κ1) is 13.1. The van der Waals surface area contributed by atoms with Crippen molar-refractivity contribution in [3.05, 3.63) is 18.0 Å². The summed E-state index contributed by atoms with van der Waals surface area (Å²) < 4.78 is 7.63. The average Bonchev–Trinajstić information content (AvgIpc) is 3.07. The first-order chi connectivity index (χ1) is 9.24. The minimum absolute atomic E-state index is 0.173.